The van der Waals surface area contributed by atoms with Crippen molar-refractivity contribution in [2.24, 2.45) is 12.8 Å². The van der Waals surface area contributed by atoms with Crippen LogP contribution in [0.25, 0.3) is 0 Å². The average Bonchev–Trinajstić information content (AvgIpc) is 3.31. The summed E-state index contributed by atoms with van der Waals surface area (Å²) in [6.07, 6.45) is -0.378. The van der Waals surface area contributed by atoms with E-state index in [0.717, 1.165) is 23.1 Å². The van der Waals surface area contributed by atoms with Gasteiger partial charge in [-0.3, -0.25) is 9.59 Å². The highest BCUT2D eigenvalue weighted by atomic mass is 35.5. The molecule has 0 atom stereocenters. The van der Waals surface area contributed by atoms with E-state index in [1.165, 1.54) is 0 Å². The number of ether oxygens (including phenoxy) is 2. The van der Waals surface area contributed by atoms with Crippen LogP contribution < -0.4 is 15.8 Å². The van der Waals surface area contributed by atoms with Crippen molar-refractivity contribution >= 4 is 69.1 Å². The normalized spacial score (nSPS) is 11.0. The first-order valence-corrected chi connectivity index (χ1v) is 13.1. The zero-order chi connectivity index (χ0) is 26.6. The lowest BCUT2D eigenvalue weighted by Crippen LogP contribution is -2.18. The average molecular weight is 572 g/mol. The van der Waals surface area contributed by atoms with Crippen LogP contribution in [-0.2, 0) is 23.2 Å². The number of thioether (sulfide) groups is 1. The van der Waals surface area contributed by atoms with Gasteiger partial charge in [-0.05, 0) is 38.5 Å². The molecule has 0 aliphatic rings. The fourth-order valence-electron chi connectivity index (χ4n) is 2.97. The van der Waals surface area contributed by atoms with Crippen molar-refractivity contribution in [1.29, 1.82) is 0 Å². The van der Waals surface area contributed by atoms with Crippen molar-refractivity contribution in [3.63, 3.8) is 0 Å². The maximum Gasteiger partial charge on any atom is 0.341 e. The SMILES string of the molecule is Cc1c(C(N)=O)sc(NC(=O)CSc2nnc(COc3cc(Cl)ccc3Cl)n2C)c1C(=O)OC(C)C. The molecule has 14 heteroatoms. The number of hydrogen-bond donors (Lipinski definition) is 2. The molecule has 0 bridgehead atoms. The summed E-state index contributed by atoms with van der Waals surface area (Å²) in [5.74, 6) is -0.871. The van der Waals surface area contributed by atoms with Crippen LogP contribution in [0.4, 0.5) is 5.00 Å². The van der Waals surface area contributed by atoms with E-state index in [9.17, 15) is 14.4 Å². The Labute approximate surface area is 225 Å². The summed E-state index contributed by atoms with van der Waals surface area (Å²) in [6.45, 7) is 5.07. The molecule has 3 N–H and O–H groups in total. The third kappa shape index (κ3) is 6.69. The van der Waals surface area contributed by atoms with Gasteiger partial charge in [-0.15, -0.1) is 21.5 Å². The van der Waals surface area contributed by atoms with Gasteiger partial charge in [0.1, 0.15) is 17.4 Å². The molecule has 0 saturated carbocycles. The summed E-state index contributed by atoms with van der Waals surface area (Å²) in [5.41, 5.74) is 5.89. The molecule has 36 heavy (non-hydrogen) atoms. The second-order valence-corrected chi connectivity index (χ2v) is 10.5. The molecule has 0 aliphatic heterocycles. The highest BCUT2D eigenvalue weighted by Gasteiger charge is 2.26. The Morgan fingerprint density at radius 3 is 2.64 bits per heavy atom. The predicted octanol–water partition coefficient (Wildman–Crippen LogP) is 4.47. The third-order valence-corrected chi connectivity index (χ3v) is 7.47. The van der Waals surface area contributed by atoms with Gasteiger partial charge in [0, 0.05) is 18.1 Å². The molecule has 3 rings (SSSR count). The Bertz CT molecular complexity index is 1310. The summed E-state index contributed by atoms with van der Waals surface area (Å²) >= 11 is 14.2. The number of rotatable bonds is 10. The van der Waals surface area contributed by atoms with Crippen LogP contribution in [0.3, 0.4) is 0 Å². The standard InChI is InChI=1S/C22H23Cl2N5O5S2/c1-10(2)34-21(32)17-11(3)18(19(25)31)36-20(17)26-16(30)9-35-22-28-27-15(29(22)4)8-33-14-7-12(23)5-6-13(14)24/h5-7,10H,8-9H2,1-4H3,(H2,25,31)(H,26,30). The first kappa shape index (κ1) is 27.8. The number of benzene rings is 1. The van der Waals surface area contributed by atoms with Crippen LogP contribution in [0.2, 0.25) is 10.0 Å². The second-order valence-electron chi connectivity index (χ2n) is 7.74. The van der Waals surface area contributed by atoms with E-state index < -0.39 is 17.8 Å². The quantitative estimate of drug-likeness (QED) is 0.268. The van der Waals surface area contributed by atoms with E-state index in [1.54, 1.807) is 50.6 Å². The van der Waals surface area contributed by atoms with Gasteiger partial charge in [0.15, 0.2) is 11.0 Å². The molecule has 0 spiro atoms. The van der Waals surface area contributed by atoms with Gasteiger partial charge in [-0.25, -0.2) is 4.79 Å². The molecule has 0 unspecified atom stereocenters. The number of primary amides is 1. The summed E-state index contributed by atoms with van der Waals surface area (Å²) in [7, 11) is 1.74. The fourth-order valence-corrected chi connectivity index (χ4v) is 5.10. The van der Waals surface area contributed by atoms with E-state index >= 15 is 0 Å². The van der Waals surface area contributed by atoms with Crippen molar-refractivity contribution in [3.8, 4) is 5.75 Å². The Balaban J connectivity index is 1.66. The molecule has 0 radical (unpaired) electrons. The fraction of sp³-hybridized carbons (Fsp3) is 0.318. The van der Waals surface area contributed by atoms with E-state index in [1.807, 2.05) is 0 Å². The van der Waals surface area contributed by atoms with Gasteiger partial charge in [0.25, 0.3) is 5.91 Å². The van der Waals surface area contributed by atoms with Crippen LogP contribution in [0.15, 0.2) is 23.4 Å². The molecule has 0 fully saturated rings. The minimum atomic E-state index is -0.695. The molecule has 10 nitrogen and oxygen atoms in total. The number of carbonyl (C=O) groups is 3. The van der Waals surface area contributed by atoms with Crippen LogP contribution in [0, 0.1) is 6.92 Å². The van der Waals surface area contributed by atoms with Crippen molar-refractivity contribution in [1.82, 2.24) is 14.8 Å². The third-order valence-electron chi connectivity index (χ3n) is 4.68. The second kappa shape index (κ2) is 12.0. The van der Waals surface area contributed by atoms with E-state index in [0.29, 0.717) is 32.3 Å². The largest absolute Gasteiger partial charge is 0.484 e. The number of nitrogens with two attached hydrogens (primary N) is 1. The number of esters is 1. The molecule has 192 valence electrons. The number of aromatic nitrogens is 3. The Kier molecular flexibility index (Phi) is 9.23. The van der Waals surface area contributed by atoms with Crippen LogP contribution in [0.5, 0.6) is 5.75 Å². The van der Waals surface area contributed by atoms with E-state index in [2.05, 4.69) is 15.5 Å². The molecule has 2 aromatic heterocycles. The van der Waals surface area contributed by atoms with E-state index in [-0.39, 0.29) is 33.9 Å². The van der Waals surface area contributed by atoms with Crippen LogP contribution in [0.1, 0.15) is 45.3 Å². The number of hydrogen-bond acceptors (Lipinski definition) is 9. The van der Waals surface area contributed by atoms with Gasteiger partial charge in [0.05, 0.1) is 27.3 Å². The lowest BCUT2D eigenvalue weighted by Gasteiger charge is -2.10. The summed E-state index contributed by atoms with van der Waals surface area (Å²) < 4.78 is 12.6. The Hall–Kier alpha value is -2.80. The molecular formula is C22H23Cl2N5O5S2. The summed E-state index contributed by atoms with van der Waals surface area (Å²) in [5, 5.41) is 12.4. The number of halogens is 2. The molecule has 1 aromatic carbocycles. The molecule has 2 amide bonds. The number of nitrogens with zero attached hydrogens (tertiary/aromatic N) is 3. The first-order chi connectivity index (χ1) is 17.0. The van der Waals surface area contributed by atoms with Crippen molar-refractivity contribution < 1.29 is 23.9 Å². The number of thiophene rings is 1. The van der Waals surface area contributed by atoms with Gasteiger partial charge >= 0.3 is 5.97 Å². The van der Waals surface area contributed by atoms with E-state index in [4.69, 9.17) is 38.4 Å². The molecule has 0 aliphatic carbocycles. The Morgan fingerprint density at radius 2 is 1.97 bits per heavy atom. The lowest BCUT2D eigenvalue weighted by atomic mass is 10.1. The van der Waals surface area contributed by atoms with Gasteiger partial charge in [0.2, 0.25) is 5.91 Å². The topological polar surface area (TPSA) is 138 Å². The van der Waals surface area contributed by atoms with Crippen LogP contribution >= 0.6 is 46.3 Å². The predicted molar refractivity (Wildman–Crippen MR) is 139 cm³/mol. The number of anilines is 1. The van der Waals surface area contributed by atoms with Gasteiger partial charge in [-0.2, -0.15) is 0 Å². The number of amides is 2. The summed E-state index contributed by atoms with van der Waals surface area (Å²) in [6, 6.07) is 4.88. The maximum atomic E-state index is 12.7. The van der Waals surface area contributed by atoms with Gasteiger partial charge < -0.3 is 25.1 Å². The maximum absolute atomic E-state index is 12.7. The van der Waals surface area contributed by atoms with Crippen molar-refractivity contribution in [2.75, 3.05) is 11.1 Å². The molecule has 0 saturated heterocycles. The molecule has 3 aromatic rings. The first-order valence-electron chi connectivity index (χ1n) is 10.5. The highest BCUT2D eigenvalue weighted by molar-refractivity contribution is 7.99. The summed E-state index contributed by atoms with van der Waals surface area (Å²) in [4.78, 5) is 37.2. The minimum absolute atomic E-state index is 0.0333. The number of nitrogens with one attached hydrogen (secondary N) is 1. The minimum Gasteiger partial charge on any atom is -0.484 e. The molecule has 2 heterocycles. The monoisotopic (exact) mass is 571 g/mol. The lowest BCUT2D eigenvalue weighted by molar-refractivity contribution is -0.113. The zero-order valence-corrected chi connectivity index (χ0v) is 22.9. The highest BCUT2D eigenvalue weighted by Crippen LogP contribution is 2.34. The number of carbonyl (C=O) groups excluding carboxylic acids is 3. The van der Waals surface area contributed by atoms with Crippen LogP contribution in [-0.4, -0.2) is 44.4 Å². The van der Waals surface area contributed by atoms with Crippen molar-refractivity contribution in [2.45, 2.75) is 38.6 Å². The smallest absolute Gasteiger partial charge is 0.341 e. The van der Waals surface area contributed by atoms with Gasteiger partial charge in [-0.1, -0.05) is 35.0 Å². The zero-order valence-electron chi connectivity index (χ0n) is 19.8. The Morgan fingerprint density at radius 1 is 1.25 bits per heavy atom. The van der Waals surface area contributed by atoms with Crippen molar-refractivity contribution in [3.05, 3.63) is 50.1 Å². The molecular weight excluding hydrogens is 549 g/mol.